The molecule has 7 heteroatoms. The number of hydrogen-bond acceptors (Lipinski definition) is 5. The molecule has 1 aromatic rings. The van der Waals surface area contributed by atoms with E-state index in [0.29, 0.717) is 38.8 Å². The van der Waals surface area contributed by atoms with Crippen molar-refractivity contribution in [2.45, 2.75) is 38.5 Å². The molecule has 3 rings (SSSR count). The molecule has 2 N–H and O–H groups in total. The SMILES string of the molecule is Cc1nc(N2CCC(C(=O)O)CC2)ccc1C1CCC(=O)NC1=O. The molecule has 1 unspecified atom stereocenters. The number of nitrogens with one attached hydrogen (secondary N) is 1. The number of carbonyl (C=O) groups is 3. The number of imide groups is 1. The Bertz CT molecular complexity index is 680. The Balaban J connectivity index is 1.72. The number of pyridine rings is 1. The van der Waals surface area contributed by atoms with Crippen LogP contribution in [0.4, 0.5) is 5.82 Å². The molecule has 128 valence electrons. The Labute approximate surface area is 140 Å². The highest BCUT2D eigenvalue weighted by atomic mass is 16.4. The summed E-state index contributed by atoms with van der Waals surface area (Å²) in [7, 11) is 0. The number of anilines is 1. The van der Waals surface area contributed by atoms with Crippen LogP contribution in [0.3, 0.4) is 0 Å². The normalized spacial score (nSPS) is 22.4. The van der Waals surface area contributed by atoms with Crippen molar-refractivity contribution in [3.05, 3.63) is 23.4 Å². The fraction of sp³-hybridized carbons (Fsp3) is 0.529. The molecule has 2 aliphatic heterocycles. The van der Waals surface area contributed by atoms with Gasteiger partial charge in [-0.1, -0.05) is 6.07 Å². The molecule has 7 nitrogen and oxygen atoms in total. The average molecular weight is 331 g/mol. The molecule has 3 heterocycles. The van der Waals surface area contributed by atoms with Crippen LogP contribution in [0.25, 0.3) is 0 Å². The molecule has 0 radical (unpaired) electrons. The molecule has 1 atom stereocenters. The van der Waals surface area contributed by atoms with Crippen LogP contribution < -0.4 is 10.2 Å². The zero-order valence-corrected chi connectivity index (χ0v) is 13.6. The third-order valence-electron chi connectivity index (χ3n) is 4.89. The van der Waals surface area contributed by atoms with Crippen molar-refractivity contribution < 1.29 is 19.5 Å². The van der Waals surface area contributed by atoms with Gasteiger partial charge in [-0.3, -0.25) is 19.7 Å². The van der Waals surface area contributed by atoms with Gasteiger partial charge in [0, 0.05) is 25.2 Å². The topological polar surface area (TPSA) is 99.6 Å². The molecule has 0 aliphatic carbocycles. The number of piperidine rings is 2. The van der Waals surface area contributed by atoms with Gasteiger partial charge in [-0.05, 0) is 37.8 Å². The summed E-state index contributed by atoms with van der Waals surface area (Å²) in [6.07, 6.45) is 2.09. The fourth-order valence-electron chi connectivity index (χ4n) is 3.45. The maximum Gasteiger partial charge on any atom is 0.306 e. The highest BCUT2D eigenvalue weighted by Gasteiger charge is 2.30. The summed E-state index contributed by atoms with van der Waals surface area (Å²) in [6.45, 7) is 3.20. The Morgan fingerprint density at radius 1 is 1.25 bits per heavy atom. The molecule has 0 bridgehead atoms. The number of hydrogen-bond donors (Lipinski definition) is 2. The Morgan fingerprint density at radius 3 is 2.54 bits per heavy atom. The van der Waals surface area contributed by atoms with E-state index in [9.17, 15) is 14.4 Å². The lowest BCUT2D eigenvalue weighted by atomic mass is 9.89. The second-order valence-electron chi connectivity index (χ2n) is 6.45. The first kappa shape index (κ1) is 16.4. The number of aromatic nitrogens is 1. The van der Waals surface area contributed by atoms with E-state index in [4.69, 9.17) is 5.11 Å². The lowest BCUT2D eigenvalue weighted by Gasteiger charge is -2.31. The third-order valence-corrected chi connectivity index (χ3v) is 4.89. The standard InChI is InChI=1S/C17H21N3O4/c1-10-12(13-3-5-15(21)19-16(13)22)2-4-14(18-10)20-8-6-11(7-9-20)17(23)24/h2,4,11,13H,3,5-9H2,1H3,(H,23,24)(H,19,21,22). The van der Waals surface area contributed by atoms with Crippen LogP contribution in [0, 0.1) is 12.8 Å². The van der Waals surface area contributed by atoms with Crippen molar-refractivity contribution in [2.75, 3.05) is 18.0 Å². The van der Waals surface area contributed by atoms with E-state index in [0.717, 1.165) is 17.1 Å². The number of amides is 2. The number of carboxylic acid groups (broad SMARTS) is 1. The van der Waals surface area contributed by atoms with Crippen molar-refractivity contribution >= 4 is 23.6 Å². The van der Waals surface area contributed by atoms with E-state index in [1.807, 2.05) is 19.1 Å². The highest BCUT2D eigenvalue weighted by Crippen LogP contribution is 2.29. The summed E-state index contributed by atoms with van der Waals surface area (Å²) in [4.78, 5) is 41.0. The average Bonchev–Trinajstić information content (AvgIpc) is 2.55. The van der Waals surface area contributed by atoms with E-state index in [1.54, 1.807) is 0 Å². The lowest BCUT2D eigenvalue weighted by molar-refractivity contribution is -0.142. The van der Waals surface area contributed by atoms with Gasteiger partial charge in [0.1, 0.15) is 5.82 Å². The Hall–Kier alpha value is -2.44. The van der Waals surface area contributed by atoms with E-state index in [2.05, 4.69) is 15.2 Å². The summed E-state index contributed by atoms with van der Waals surface area (Å²) in [5.74, 6) is -1.00. The number of nitrogens with zero attached hydrogens (tertiary/aromatic N) is 2. The van der Waals surface area contributed by atoms with Gasteiger partial charge in [0.05, 0.1) is 11.8 Å². The molecule has 2 fully saturated rings. The molecule has 1 aromatic heterocycles. The van der Waals surface area contributed by atoms with Gasteiger partial charge in [-0.15, -0.1) is 0 Å². The van der Waals surface area contributed by atoms with Crippen LogP contribution in [0.15, 0.2) is 12.1 Å². The zero-order valence-electron chi connectivity index (χ0n) is 13.6. The summed E-state index contributed by atoms with van der Waals surface area (Å²) < 4.78 is 0. The monoisotopic (exact) mass is 331 g/mol. The van der Waals surface area contributed by atoms with Crippen molar-refractivity contribution in [1.82, 2.24) is 10.3 Å². The van der Waals surface area contributed by atoms with Crippen molar-refractivity contribution in [1.29, 1.82) is 0 Å². The van der Waals surface area contributed by atoms with Crippen molar-refractivity contribution in [3.8, 4) is 0 Å². The molecule has 0 saturated carbocycles. The van der Waals surface area contributed by atoms with Crippen molar-refractivity contribution in [2.24, 2.45) is 5.92 Å². The maximum atomic E-state index is 12.0. The molecule has 2 amide bonds. The van der Waals surface area contributed by atoms with Crippen LogP contribution in [-0.2, 0) is 14.4 Å². The molecule has 2 saturated heterocycles. The lowest BCUT2D eigenvalue weighted by Crippen LogP contribution is -2.40. The summed E-state index contributed by atoms with van der Waals surface area (Å²) >= 11 is 0. The maximum absolute atomic E-state index is 12.0. The van der Waals surface area contributed by atoms with Gasteiger partial charge in [0.15, 0.2) is 0 Å². The second-order valence-corrected chi connectivity index (χ2v) is 6.45. The van der Waals surface area contributed by atoms with Gasteiger partial charge in [0.25, 0.3) is 0 Å². The van der Waals surface area contributed by atoms with Crippen LogP contribution in [0.1, 0.15) is 42.9 Å². The summed E-state index contributed by atoms with van der Waals surface area (Å²) in [5.41, 5.74) is 1.63. The van der Waals surface area contributed by atoms with Crippen LogP contribution in [0.2, 0.25) is 0 Å². The quantitative estimate of drug-likeness (QED) is 0.808. The zero-order chi connectivity index (χ0) is 17.3. The smallest absolute Gasteiger partial charge is 0.306 e. The van der Waals surface area contributed by atoms with Gasteiger partial charge in [-0.25, -0.2) is 4.98 Å². The fourth-order valence-corrected chi connectivity index (χ4v) is 3.45. The minimum Gasteiger partial charge on any atom is -0.481 e. The molecule has 0 aromatic carbocycles. The summed E-state index contributed by atoms with van der Waals surface area (Å²) in [6, 6.07) is 3.79. The molecular formula is C17H21N3O4. The summed E-state index contributed by atoms with van der Waals surface area (Å²) in [5, 5.41) is 11.4. The second kappa shape index (κ2) is 6.59. The molecule has 24 heavy (non-hydrogen) atoms. The van der Waals surface area contributed by atoms with Crippen molar-refractivity contribution in [3.63, 3.8) is 0 Å². The minimum atomic E-state index is -0.730. The van der Waals surface area contributed by atoms with E-state index in [-0.39, 0.29) is 23.7 Å². The molecule has 0 spiro atoms. The van der Waals surface area contributed by atoms with Gasteiger partial charge >= 0.3 is 5.97 Å². The Morgan fingerprint density at radius 2 is 1.96 bits per heavy atom. The first-order chi connectivity index (χ1) is 11.5. The number of carboxylic acids is 1. The number of rotatable bonds is 3. The predicted molar refractivity (Wildman–Crippen MR) is 86.7 cm³/mol. The first-order valence-corrected chi connectivity index (χ1v) is 8.24. The van der Waals surface area contributed by atoms with Gasteiger partial charge in [-0.2, -0.15) is 0 Å². The third kappa shape index (κ3) is 3.25. The van der Waals surface area contributed by atoms with E-state index >= 15 is 0 Å². The van der Waals surface area contributed by atoms with E-state index < -0.39 is 5.97 Å². The van der Waals surface area contributed by atoms with Crippen LogP contribution in [-0.4, -0.2) is 41.0 Å². The van der Waals surface area contributed by atoms with E-state index in [1.165, 1.54) is 0 Å². The number of carbonyl (C=O) groups excluding carboxylic acids is 2. The Kier molecular flexibility index (Phi) is 4.51. The molecular weight excluding hydrogens is 310 g/mol. The van der Waals surface area contributed by atoms with Gasteiger partial charge < -0.3 is 10.0 Å². The van der Waals surface area contributed by atoms with Crippen LogP contribution in [0.5, 0.6) is 0 Å². The minimum absolute atomic E-state index is 0.222. The number of aryl methyl sites for hydroxylation is 1. The number of aliphatic carboxylic acids is 1. The van der Waals surface area contributed by atoms with Crippen LogP contribution >= 0.6 is 0 Å². The van der Waals surface area contributed by atoms with Gasteiger partial charge in [0.2, 0.25) is 11.8 Å². The first-order valence-electron chi connectivity index (χ1n) is 8.24. The largest absolute Gasteiger partial charge is 0.481 e. The predicted octanol–water partition coefficient (Wildman–Crippen LogP) is 1.21. The molecule has 2 aliphatic rings. The highest BCUT2D eigenvalue weighted by molar-refractivity contribution is 6.01.